The van der Waals surface area contributed by atoms with Gasteiger partial charge in [-0.1, -0.05) is 6.07 Å². The minimum absolute atomic E-state index is 0.382. The van der Waals surface area contributed by atoms with E-state index in [2.05, 4.69) is 10.6 Å². The zero-order chi connectivity index (χ0) is 15.2. The van der Waals surface area contributed by atoms with Crippen LogP contribution in [0.2, 0.25) is 0 Å². The number of ether oxygens (including phenoxy) is 1. The number of carbonyl (C=O) groups excluding carboxylic acids is 1. The summed E-state index contributed by atoms with van der Waals surface area (Å²) in [4.78, 5) is 11.4. The number of amides is 1. The Balaban J connectivity index is 2.21. The van der Waals surface area contributed by atoms with E-state index < -0.39 is 5.60 Å². The number of benzene rings is 1. The van der Waals surface area contributed by atoms with Gasteiger partial charge in [-0.2, -0.15) is 0 Å². The van der Waals surface area contributed by atoms with E-state index in [1.807, 2.05) is 45.9 Å². The molecule has 0 bridgehead atoms. The third-order valence-electron chi connectivity index (χ3n) is 2.54. The molecule has 0 unspecified atom stereocenters. The molecule has 20 heavy (non-hydrogen) atoms. The van der Waals surface area contributed by atoms with E-state index in [0.29, 0.717) is 6.54 Å². The zero-order valence-corrected chi connectivity index (χ0v) is 12.7. The number of nitrogen functional groups attached to an aromatic ring is 1. The molecule has 0 spiro atoms. The van der Waals surface area contributed by atoms with Gasteiger partial charge < -0.3 is 21.1 Å². The molecule has 0 fully saturated rings. The number of alkyl carbamates (subject to hydrolysis) is 1. The molecule has 5 nitrogen and oxygen atoms in total. The van der Waals surface area contributed by atoms with Crippen molar-refractivity contribution in [2.24, 2.45) is 0 Å². The van der Waals surface area contributed by atoms with Gasteiger partial charge in [0.2, 0.25) is 0 Å². The Kier molecular flexibility index (Phi) is 5.67. The standard InChI is InChI=1S/C15H25N3O2/c1-11-6-7-13(12(16)10-11)17-8-5-9-18-14(19)20-15(2,3)4/h6-7,10,17H,5,8-9,16H2,1-4H3,(H,18,19). The molecule has 0 saturated carbocycles. The van der Waals surface area contributed by atoms with Gasteiger partial charge >= 0.3 is 6.09 Å². The van der Waals surface area contributed by atoms with Gasteiger partial charge in [-0.15, -0.1) is 0 Å². The number of nitrogens with two attached hydrogens (primary N) is 1. The molecule has 112 valence electrons. The molecule has 0 atom stereocenters. The van der Waals surface area contributed by atoms with Gasteiger partial charge in [0.1, 0.15) is 5.60 Å². The Labute approximate surface area is 120 Å². The first-order chi connectivity index (χ1) is 9.28. The lowest BCUT2D eigenvalue weighted by Gasteiger charge is -2.19. The van der Waals surface area contributed by atoms with Crippen LogP contribution in [0, 0.1) is 6.92 Å². The van der Waals surface area contributed by atoms with Crippen molar-refractivity contribution in [3.63, 3.8) is 0 Å². The smallest absolute Gasteiger partial charge is 0.407 e. The summed E-state index contributed by atoms with van der Waals surface area (Å²) in [5, 5.41) is 5.96. The maximum atomic E-state index is 11.4. The van der Waals surface area contributed by atoms with Crippen LogP contribution in [0.3, 0.4) is 0 Å². The molecule has 0 heterocycles. The van der Waals surface area contributed by atoms with Crippen molar-refractivity contribution >= 4 is 17.5 Å². The van der Waals surface area contributed by atoms with Gasteiger partial charge in [0.15, 0.2) is 0 Å². The quantitative estimate of drug-likeness (QED) is 0.572. The van der Waals surface area contributed by atoms with Gasteiger partial charge in [0.25, 0.3) is 0 Å². The summed E-state index contributed by atoms with van der Waals surface area (Å²) < 4.78 is 5.14. The van der Waals surface area contributed by atoms with Crippen LogP contribution in [0.15, 0.2) is 18.2 Å². The van der Waals surface area contributed by atoms with E-state index in [0.717, 1.165) is 29.9 Å². The Morgan fingerprint density at radius 2 is 2.00 bits per heavy atom. The molecule has 5 heteroatoms. The fraction of sp³-hybridized carbons (Fsp3) is 0.533. The van der Waals surface area contributed by atoms with E-state index >= 15 is 0 Å². The molecule has 0 aromatic heterocycles. The van der Waals surface area contributed by atoms with Crippen molar-refractivity contribution in [2.45, 2.75) is 39.7 Å². The molecule has 0 aliphatic rings. The largest absolute Gasteiger partial charge is 0.444 e. The maximum absolute atomic E-state index is 11.4. The topological polar surface area (TPSA) is 76.4 Å². The Hall–Kier alpha value is -1.91. The van der Waals surface area contributed by atoms with Gasteiger partial charge in [-0.3, -0.25) is 0 Å². The maximum Gasteiger partial charge on any atom is 0.407 e. The first-order valence-corrected chi connectivity index (χ1v) is 6.85. The molecule has 0 aliphatic carbocycles. The van der Waals surface area contributed by atoms with Crippen molar-refractivity contribution < 1.29 is 9.53 Å². The van der Waals surface area contributed by atoms with Crippen LogP contribution in [-0.4, -0.2) is 24.8 Å². The summed E-state index contributed by atoms with van der Waals surface area (Å²) in [7, 11) is 0. The lowest BCUT2D eigenvalue weighted by molar-refractivity contribution is 0.0528. The average Bonchev–Trinajstić information content (AvgIpc) is 2.28. The van der Waals surface area contributed by atoms with Crippen LogP contribution in [0.1, 0.15) is 32.8 Å². The van der Waals surface area contributed by atoms with E-state index in [4.69, 9.17) is 10.5 Å². The SMILES string of the molecule is Cc1ccc(NCCCNC(=O)OC(C)(C)C)c(N)c1. The average molecular weight is 279 g/mol. The second kappa shape index (κ2) is 7.03. The van der Waals surface area contributed by atoms with Crippen LogP contribution in [-0.2, 0) is 4.74 Å². The van der Waals surface area contributed by atoms with E-state index in [9.17, 15) is 4.79 Å². The lowest BCUT2D eigenvalue weighted by atomic mass is 10.2. The van der Waals surface area contributed by atoms with Gasteiger partial charge in [0.05, 0.1) is 11.4 Å². The lowest BCUT2D eigenvalue weighted by Crippen LogP contribution is -2.33. The van der Waals surface area contributed by atoms with Crippen molar-refractivity contribution in [2.75, 3.05) is 24.1 Å². The highest BCUT2D eigenvalue weighted by Gasteiger charge is 2.15. The van der Waals surface area contributed by atoms with Crippen LogP contribution in [0.25, 0.3) is 0 Å². The van der Waals surface area contributed by atoms with E-state index in [1.165, 1.54) is 0 Å². The van der Waals surface area contributed by atoms with Crippen molar-refractivity contribution in [3.8, 4) is 0 Å². The molecule has 0 saturated heterocycles. The van der Waals surface area contributed by atoms with Crippen molar-refractivity contribution in [1.29, 1.82) is 0 Å². The summed E-state index contributed by atoms with van der Waals surface area (Å²) in [6.45, 7) is 8.83. The molecule has 1 amide bonds. The summed E-state index contributed by atoms with van der Waals surface area (Å²) in [5.74, 6) is 0. The third-order valence-corrected chi connectivity index (χ3v) is 2.54. The molecule has 0 aliphatic heterocycles. The number of rotatable bonds is 5. The summed E-state index contributed by atoms with van der Waals surface area (Å²) in [6.07, 6.45) is 0.416. The van der Waals surface area contributed by atoms with Crippen LogP contribution in [0.4, 0.5) is 16.2 Å². The molecule has 1 aromatic carbocycles. The van der Waals surface area contributed by atoms with Crippen LogP contribution < -0.4 is 16.4 Å². The van der Waals surface area contributed by atoms with Crippen LogP contribution in [0.5, 0.6) is 0 Å². The first kappa shape index (κ1) is 16.1. The normalized spacial score (nSPS) is 11.0. The van der Waals surface area contributed by atoms with Gasteiger partial charge in [-0.25, -0.2) is 4.79 Å². The van der Waals surface area contributed by atoms with Gasteiger partial charge in [-0.05, 0) is 51.8 Å². The molecule has 1 aromatic rings. The minimum atomic E-state index is -0.460. The Morgan fingerprint density at radius 1 is 1.30 bits per heavy atom. The summed E-state index contributed by atoms with van der Waals surface area (Å²) >= 11 is 0. The van der Waals surface area contributed by atoms with Crippen molar-refractivity contribution in [3.05, 3.63) is 23.8 Å². The number of carbonyl (C=O) groups is 1. The summed E-state index contributed by atoms with van der Waals surface area (Å²) in [5.41, 5.74) is 8.25. The number of hydrogen-bond donors (Lipinski definition) is 3. The molecule has 1 rings (SSSR count). The predicted molar refractivity (Wildman–Crippen MR) is 82.9 cm³/mol. The fourth-order valence-corrected chi connectivity index (χ4v) is 1.66. The second-order valence-electron chi connectivity index (χ2n) is 5.80. The number of hydrogen-bond acceptors (Lipinski definition) is 4. The molecule has 4 N–H and O–H groups in total. The highest BCUT2D eigenvalue weighted by molar-refractivity contribution is 5.68. The monoisotopic (exact) mass is 279 g/mol. The number of nitrogens with one attached hydrogen (secondary N) is 2. The molecule has 0 radical (unpaired) electrons. The highest BCUT2D eigenvalue weighted by Crippen LogP contribution is 2.19. The predicted octanol–water partition coefficient (Wildman–Crippen LogP) is 2.90. The Bertz CT molecular complexity index is 453. The molecular weight excluding hydrogens is 254 g/mol. The minimum Gasteiger partial charge on any atom is -0.444 e. The van der Waals surface area contributed by atoms with Crippen LogP contribution >= 0.6 is 0 Å². The Morgan fingerprint density at radius 3 is 2.60 bits per heavy atom. The van der Waals surface area contributed by atoms with Gasteiger partial charge in [0, 0.05) is 13.1 Å². The highest BCUT2D eigenvalue weighted by atomic mass is 16.6. The summed E-state index contributed by atoms with van der Waals surface area (Å²) in [6, 6.07) is 5.91. The fourth-order valence-electron chi connectivity index (χ4n) is 1.66. The zero-order valence-electron chi connectivity index (χ0n) is 12.7. The van der Waals surface area contributed by atoms with E-state index in [-0.39, 0.29) is 6.09 Å². The number of aryl methyl sites for hydroxylation is 1. The first-order valence-electron chi connectivity index (χ1n) is 6.85. The second-order valence-corrected chi connectivity index (χ2v) is 5.80. The number of anilines is 2. The van der Waals surface area contributed by atoms with E-state index in [1.54, 1.807) is 0 Å². The third kappa shape index (κ3) is 6.31. The molecular formula is C15H25N3O2. The van der Waals surface area contributed by atoms with Crippen molar-refractivity contribution in [1.82, 2.24) is 5.32 Å².